The van der Waals surface area contributed by atoms with Gasteiger partial charge in [0.2, 0.25) is 0 Å². The molecule has 2 unspecified atom stereocenters. The van der Waals surface area contributed by atoms with E-state index in [-0.39, 0.29) is 5.54 Å². The molecule has 0 aromatic carbocycles. The van der Waals surface area contributed by atoms with Gasteiger partial charge < -0.3 is 10.2 Å². The maximum absolute atomic E-state index is 3.58. The zero-order valence-electron chi connectivity index (χ0n) is 11.1. The average molecular weight is 212 g/mol. The minimum atomic E-state index is 0.255. The highest BCUT2D eigenvalue weighted by atomic mass is 15.2. The molecule has 0 bridgehead atoms. The number of rotatable bonds is 4. The zero-order chi connectivity index (χ0) is 11.5. The topological polar surface area (TPSA) is 15.3 Å². The van der Waals surface area contributed by atoms with Gasteiger partial charge in [-0.1, -0.05) is 6.92 Å². The fraction of sp³-hybridized carbons (Fsp3) is 1.00. The molecule has 0 aromatic heterocycles. The molecule has 15 heavy (non-hydrogen) atoms. The summed E-state index contributed by atoms with van der Waals surface area (Å²) in [6.07, 6.45) is 2.78. The molecule has 0 radical (unpaired) electrons. The quantitative estimate of drug-likeness (QED) is 0.770. The minimum absolute atomic E-state index is 0.255. The van der Waals surface area contributed by atoms with Crippen molar-refractivity contribution in [1.82, 2.24) is 10.2 Å². The predicted molar refractivity (Wildman–Crippen MR) is 67.2 cm³/mol. The lowest BCUT2D eigenvalue weighted by molar-refractivity contribution is 0.222. The van der Waals surface area contributed by atoms with Gasteiger partial charge in [0, 0.05) is 18.1 Å². The van der Waals surface area contributed by atoms with Crippen LogP contribution in [0.25, 0.3) is 0 Å². The van der Waals surface area contributed by atoms with Crippen molar-refractivity contribution in [2.45, 2.75) is 59.0 Å². The van der Waals surface area contributed by atoms with E-state index >= 15 is 0 Å². The molecule has 1 saturated heterocycles. The van der Waals surface area contributed by atoms with Crippen LogP contribution >= 0.6 is 0 Å². The van der Waals surface area contributed by atoms with E-state index in [0.29, 0.717) is 0 Å². The Morgan fingerprint density at radius 3 is 2.53 bits per heavy atom. The maximum Gasteiger partial charge on any atom is 0.00966 e. The molecule has 2 atom stereocenters. The standard InChI is InChI=1S/C13H28N2/c1-11(9-14-13(3,4)5)10-15-8-6-7-12(15)2/h11-12,14H,6-10H2,1-5H3. The molecule has 1 N–H and O–H groups in total. The molecule has 1 fully saturated rings. The van der Waals surface area contributed by atoms with Gasteiger partial charge in [-0.2, -0.15) is 0 Å². The number of hydrogen-bond donors (Lipinski definition) is 1. The summed E-state index contributed by atoms with van der Waals surface area (Å²) in [6.45, 7) is 15.1. The van der Waals surface area contributed by atoms with Crippen LogP contribution in [0.5, 0.6) is 0 Å². The summed E-state index contributed by atoms with van der Waals surface area (Å²) in [5.74, 6) is 0.754. The van der Waals surface area contributed by atoms with E-state index in [2.05, 4.69) is 44.8 Å². The first kappa shape index (κ1) is 13.0. The van der Waals surface area contributed by atoms with Gasteiger partial charge in [0.1, 0.15) is 0 Å². The molecule has 1 aliphatic heterocycles. The second-order valence-electron chi connectivity index (χ2n) is 6.22. The van der Waals surface area contributed by atoms with Crippen molar-refractivity contribution in [3.05, 3.63) is 0 Å². The fourth-order valence-electron chi connectivity index (χ4n) is 2.21. The van der Waals surface area contributed by atoms with Crippen molar-refractivity contribution >= 4 is 0 Å². The molecular formula is C13H28N2. The second-order valence-corrected chi connectivity index (χ2v) is 6.22. The van der Waals surface area contributed by atoms with Crippen LogP contribution < -0.4 is 5.32 Å². The predicted octanol–water partition coefficient (Wildman–Crippen LogP) is 2.49. The van der Waals surface area contributed by atoms with E-state index in [1.165, 1.54) is 25.9 Å². The van der Waals surface area contributed by atoms with Crippen LogP contribution in [-0.4, -0.2) is 36.1 Å². The maximum atomic E-state index is 3.58. The van der Waals surface area contributed by atoms with Crippen molar-refractivity contribution in [3.8, 4) is 0 Å². The number of nitrogens with one attached hydrogen (secondary N) is 1. The Hall–Kier alpha value is -0.0800. The van der Waals surface area contributed by atoms with Gasteiger partial charge in [0.05, 0.1) is 0 Å². The Bertz CT molecular complexity index is 183. The van der Waals surface area contributed by atoms with E-state index < -0.39 is 0 Å². The van der Waals surface area contributed by atoms with E-state index in [1.807, 2.05) is 0 Å². The number of nitrogens with zero attached hydrogens (tertiary/aromatic N) is 1. The van der Waals surface area contributed by atoms with Crippen LogP contribution in [0, 0.1) is 5.92 Å². The van der Waals surface area contributed by atoms with Gasteiger partial charge in [-0.25, -0.2) is 0 Å². The molecule has 1 rings (SSSR count). The third-order valence-corrected chi connectivity index (χ3v) is 3.22. The van der Waals surface area contributed by atoms with Crippen molar-refractivity contribution in [2.75, 3.05) is 19.6 Å². The van der Waals surface area contributed by atoms with E-state index in [1.54, 1.807) is 0 Å². The molecule has 0 aliphatic carbocycles. The Labute approximate surface area is 95.4 Å². The Balaban J connectivity index is 2.20. The summed E-state index contributed by atoms with van der Waals surface area (Å²) in [6, 6.07) is 0.807. The van der Waals surface area contributed by atoms with E-state index in [0.717, 1.165) is 18.5 Å². The number of likely N-dealkylation sites (tertiary alicyclic amines) is 1. The van der Waals surface area contributed by atoms with Crippen molar-refractivity contribution in [1.29, 1.82) is 0 Å². The summed E-state index contributed by atoms with van der Waals surface area (Å²) in [4.78, 5) is 2.63. The molecule has 0 aromatic rings. The van der Waals surface area contributed by atoms with Crippen molar-refractivity contribution < 1.29 is 0 Å². The number of hydrogen-bond acceptors (Lipinski definition) is 2. The minimum Gasteiger partial charge on any atom is -0.312 e. The van der Waals surface area contributed by atoms with Crippen LogP contribution in [-0.2, 0) is 0 Å². The van der Waals surface area contributed by atoms with Crippen LogP contribution in [0.4, 0.5) is 0 Å². The third-order valence-electron chi connectivity index (χ3n) is 3.22. The lowest BCUT2D eigenvalue weighted by atomic mass is 10.1. The summed E-state index contributed by atoms with van der Waals surface area (Å²) < 4.78 is 0. The average Bonchev–Trinajstić information content (AvgIpc) is 2.47. The summed E-state index contributed by atoms with van der Waals surface area (Å²) in [5, 5.41) is 3.58. The molecule has 90 valence electrons. The molecule has 0 amide bonds. The van der Waals surface area contributed by atoms with Gasteiger partial charge in [0.15, 0.2) is 0 Å². The van der Waals surface area contributed by atoms with Crippen LogP contribution in [0.3, 0.4) is 0 Å². The first-order valence-corrected chi connectivity index (χ1v) is 6.37. The molecular weight excluding hydrogens is 184 g/mol. The van der Waals surface area contributed by atoms with Gasteiger partial charge in [-0.15, -0.1) is 0 Å². The lowest BCUT2D eigenvalue weighted by Crippen LogP contribution is -2.42. The SMILES string of the molecule is CC(CNC(C)(C)C)CN1CCCC1C. The van der Waals surface area contributed by atoms with Gasteiger partial charge in [-0.3, -0.25) is 0 Å². The van der Waals surface area contributed by atoms with Gasteiger partial charge >= 0.3 is 0 Å². The Morgan fingerprint density at radius 1 is 1.40 bits per heavy atom. The van der Waals surface area contributed by atoms with Gasteiger partial charge in [-0.05, 0) is 59.5 Å². The molecule has 1 aliphatic rings. The third kappa shape index (κ3) is 4.98. The van der Waals surface area contributed by atoms with E-state index in [4.69, 9.17) is 0 Å². The molecule has 2 heteroatoms. The monoisotopic (exact) mass is 212 g/mol. The second kappa shape index (κ2) is 5.31. The first-order chi connectivity index (χ1) is 6.88. The normalized spacial score (nSPS) is 25.8. The fourth-order valence-corrected chi connectivity index (χ4v) is 2.21. The summed E-state index contributed by atoms with van der Waals surface area (Å²) in [5.41, 5.74) is 0.255. The highest BCUT2D eigenvalue weighted by Crippen LogP contribution is 2.17. The Kier molecular flexibility index (Phi) is 4.60. The van der Waals surface area contributed by atoms with Crippen molar-refractivity contribution in [2.24, 2.45) is 5.92 Å². The Morgan fingerprint density at radius 2 is 2.07 bits per heavy atom. The van der Waals surface area contributed by atoms with E-state index in [9.17, 15) is 0 Å². The lowest BCUT2D eigenvalue weighted by Gasteiger charge is -2.28. The molecule has 2 nitrogen and oxygen atoms in total. The van der Waals surface area contributed by atoms with Crippen molar-refractivity contribution in [3.63, 3.8) is 0 Å². The largest absolute Gasteiger partial charge is 0.312 e. The van der Waals surface area contributed by atoms with Crippen LogP contribution in [0.2, 0.25) is 0 Å². The van der Waals surface area contributed by atoms with Crippen LogP contribution in [0.1, 0.15) is 47.5 Å². The summed E-state index contributed by atoms with van der Waals surface area (Å²) >= 11 is 0. The molecule has 1 heterocycles. The smallest absolute Gasteiger partial charge is 0.00966 e. The molecule has 0 spiro atoms. The highest BCUT2D eigenvalue weighted by molar-refractivity contribution is 4.78. The van der Waals surface area contributed by atoms with Crippen LogP contribution in [0.15, 0.2) is 0 Å². The first-order valence-electron chi connectivity index (χ1n) is 6.37. The van der Waals surface area contributed by atoms with Gasteiger partial charge in [0.25, 0.3) is 0 Å². The highest BCUT2D eigenvalue weighted by Gasteiger charge is 2.22. The molecule has 0 saturated carbocycles. The zero-order valence-corrected chi connectivity index (χ0v) is 11.1. The summed E-state index contributed by atoms with van der Waals surface area (Å²) in [7, 11) is 0.